The number of fused-ring (bicyclic) bond motifs is 2. The maximum atomic E-state index is 14.6. The van der Waals surface area contributed by atoms with Crippen LogP contribution in [0.3, 0.4) is 0 Å². The van der Waals surface area contributed by atoms with Gasteiger partial charge in [0.25, 0.3) is 5.91 Å². The topological polar surface area (TPSA) is 59.9 Å². The van der Waals surface area contributed by atoms with E-state index in [0.717, 1.165) is 12.8 Å². The normalized spacial score (nSPS) is 15.9. The molecule has 1 aromatic rings. The molecule has 0 saturated heterocycles. The van der Waals surface area contributed by atoms with Gasteiger partial charge in [0.2, 0.25) is 11.7 Å². The summed E-state index contributed by atoms with van der Waals surface area (Å²) in [7, 11) is 0. The maximum absolute atomic E-state index is 14.6. The van der Waals surface area contributed by atoms with Crippen LogP contribution >= 0.6 is 0 Å². The predicted octanol–water partition coefficient (Wildman–Crippen LogP) is 2.90. The highest BCUT2D eigenvalue weighted by Gasteiger charge is 2.29. The van der Waals surface area contributed by atoms with Gasteiger partial charge in [0.1, 0.15) is 12.2 Å². The first-order valence-corrected chi connectivity index (χ1v) is 7.74. The summed E-state index contributed by atoms with van der Waals surface area (Å²) in [4.78, 5) is 15.8. The Morgan fingerprint density at radius 3 is 3.04 bits per heavy atom. The highest BCUT2D eigenvalue weighted by atomic mass is 19.1. The third kappa shape index (κ3) is 3.21. The molecule has 0 radical (unpaired) electrons. The minimum atomic E-state index is -0.559. The van der Waals surface area contributed by atoms with Gasteiger partial charge in [-0.15, -0.1) is 0 Å². The number of benzene rings is 1. The molecule has 2 aliphatic rings. The van der Waals surface area contributed by atoms with Gasteiger partial charge in [-0.3, -0.25) is 4.79 Å². The van der Waals surface area contributed by atoms with Crippen molar-refractivity contribution < 1.29 is 18.7 Å². The van der Waals surface area contributed by atoms with E-state index in [1.807, 2.05) is 0 Å². The van der Waals surface area contributed by atoms with E-state index in [4.69, 9.17) is 9.47 Å². The monoisotopic (exact) mass is 318 g/mol. The van der Waals surface area contributed by atoms with Crippen LogP contribution < -0.4 is 14.8 Å². The fraction of sp³-hybridized carbons (Fsp3) is 0.412. The van der Waals surface area contributed by atoms with E-state index >= 15 is 0 Å². The molecule has 23 heavy (non-hydrogen) atoms. The first-order valence-electron chi connectivity index (χ1n) is 7.74. The Hall–Kier alpha value is -2.37. The van der Waals surface area contributed by atoms with Crippen molar-refractivity contribution >= 4 is 17.9 Å². The molecule has 1 aromatic carbocycles. The number of nitrogens with zero attached hydrogens (tertiary/aromatic N) is 1. The van der Waals surface area contributed by atoms with Crippen molar-refractivity contribution in [2.24, 2.45) is 10.9 Å². The quantitative estimate of drug-likeness (QED) is 0.849. The van der Waals surface area contributed by atoms with Crippen molar-refractivity contribution in [2.45, 2.75) is 26.7 Å². The van der Waals surface area contributed by atoms with Gasteiger partial charge in [-0.25, -0.2) is 4.99 Å². The van der Waals surface area contributed by atoms with Gasteiger partial charge in [0, 0.05) is 5.56 Å². The van der Waals surface area contributed by atoms with Crippen LogP contribution in [0.15, 0.2) is 22.7 Å². The van der Waals surface area contributed by atoms with Crippen molar-refractivity contribution in [1.82, 2.24) is 5.32 Å². The van der Waals surface area contributed by atoms with Crippen LogP contribution in [0.5, 0.6) is 11.5 Å². The number of carbonyl (C=O) groups excluding carboxylic acids is 1. The molecule has 1 N–H and O–H groups in total. The van der Waals surface area contributed by atoms with Gasteiger partial charge in [0.05, 0.1) is 6.61 Å². The Kier molecular flexibility index (Phi) is 4.32. The molecular weight excluding hydrogens is 299 g/mol. The van der Waals surface area contributed by atoms with Crippen LogP contribution in [-0.2, 0) is 4.79 Å². The highest BCUT2D eigenvalue weighted by Crippen LogP contribution is 2.36. The van der Waals surface area contributed by atoms with E-state index in [2.05, 4.69) is 24.2 Å². The van der Waals surface area contributed by atoms with Crippen molar-refractivity contribution in [2.75, 3.05) is 13.3 Å². The summed E-state index contributed by atoms with van der Waals surface area (Å²) in [6, 6.07) is 3.24. The van der Waals surface area contributed by atoms with Gasteiger partial charge in [-0.05, 0) is 37.0 Å². The summed E-state index contributed by atoms with van der Waals surface area (Å²) in [5.74, 6) is 0.131. The molecule has 0 spiro atoms. The van der Waals surface area contributed by atoms with Crippen LogP contribution in [0, 0.1) is 11.7 Å². The third-order valence-corrected chi connectivity index (χ3v) is 3.71. The number of carbonyl (C=O) groups is 1. The summed E-state index contributed by atoms with van der Waals surface area (Å²) in [5.41, 5.74) is 0.816. The van der Waals surface area contributed by atoms with Gasteiger partial charge in [0.15, 0.2) is 11.5 Å². The molecule has 2 heterocycles. The van der Waals surface area contributed by atoms with Gasteiger partial charge in [-0.1, -0.05) is 13.8 Å². The van der Waals surface area contributed by atoms with E-state index < -0.39 is 5.82 Å². The van der Waals surface area contributed by atoms with E-state index in [1.54, 1.807) is 18.2 Å². The molecule has 0 bridgehead atoms. The number of ether oxygens (including phenoxy) is 2. The molecule has 2 aliphatic heterocycles. The zero-order valence-electron chi connectivity index (χ0n) is 13.2. The Bertz CT molecular complexity index is 695. The molecule has 122 valence electrons. The van der Waals surface area contributed by atoms with Crippen LogP contribution in [0.25, 0.3) is 6.08 Å². The highest BCUT2D eigenvalue weighted by molar-refractivity contribution is 6.24. The van der Waals surface area contributed by atoms with Gasteiger partial charge >= 0.3 is 0 Å². The molecule has 0 aromatic heterocycles. The lowest BCUT2D eigenvalue weighted by atomic mass is 10.0. The number of halogens is 1. The lowest BCUT2D eigenvalue weighted by Crippen LogP contribution is -2.37. The van der Waals surface area contributed by atoms with E-state index in [0.29, 0.717) is 23.7 Å². The fourth-order valence-electron chi connectivity index (χ4n) is 2.48. The van der Waals surface area contributed by atoms with Gasteiger partial charge < -0.3 is 14.8 Å². The summed E-state index contributed by atoms with van der Waals surface area (Å²) >= 11 is 0. The molecule has 0 unspecified atom stereocenters. The Morgan fingerprint density at radius 2 is 2.26 bits per heavy atom. The van der Waals surface area contributed by atoms with Crippen molar-refractivity contribution in [3.8, 4) is 11.5 Å². The largest absolute Gasteiger partial charge is 0.490 e. The molecule has 5 nitrogen and oxygen atoms in total. The molecular formula is C17H19FN2O3. The number of nitrogens with one attached hydrogen (secondary N) is 1. The number of amides is 1. The second kappa shape index (κ2) is 6.40. The van der Waals surface area contributed by atoms with Crippen LogP contribution in [0.2, 0.25) is 0 Å². The van der Waals surface area contributed by atoms with Crippen molar-refractivity contribution in [3.63, 3.8) is 0 Å². The predicted molar refractivity (Wildman–Crippen MR) is 85.0 cm³/mol. The standard InChI is InChI=1S/C17H19FN2O3/c1-10(2)4-3-7-22-13-6-5-11-8-12-16(21)19-9-20-17(12)23-15(11)14(13)18/h5-6,8,10H,3-4,7,9H2,1-2H3,(H,19,21). The fourth-order valence-corrected chi connectivity index (χ4v) is 2.48. The van der Waals surface area contributed by atoms with E-state index in [1.165, 1.54) is 0 Å². The third-order valence-electron chi connectivity index (χ3n) is 3.71. The summed E-state index contributed by atoms with van der Waals surface area (Å²) in [5, 5.41) is 2.59. The molecule has 3 rings (SSSR count). The number of rotatable bonds is 5. The molecule has 0 aliphatic carbocycles. The Balaban J connectivity index is 1.80. The van der Waals surface area contributed by atoms with Crippen molar-refractivity contribution in [3.05, 3.63) is 29.1 Å². The van der Waals surface area contributed by atoms with E-state index in [9.17, 15) is 9.18 Å². The number of hydrogen-bond donors (Lipinski definition) is 1. The molecule has 0 fully saturated rings. The lowest BCUT2D eigenvalue weighted by molar-refractivity contribution is -0.117. The summed E-state index contributed by atoms with van der Waals surface area (Å²) in [6.45, 7) is 4.86. The SMILES string of the molecule is CC(C)CCCOc1ccc2c(c1F)OC1=NCNC(=O)C1=C2. The summed E-state index contributed by atoms with van der Waals surface area (Å²) in [6.07, 6.45) is 3.48. The Labute approximate surface area is 134 Å². The lowest BCUT2D eigenvalue weighted by Gasteiger charge is -2.23. The second-order valence-electron chi connectivity index (χ2n) is 5.97. The number of hydrogen-bond acceptors (Lipinski definition) is 4. The minimum Gasteiger partial charge on any atom is -0.490 e. The zero-order valence-corrected chi connectivity index (χ0v) is 13.2. The van der Waals surface area contributed by atoms with Crippen molar-refractivity contribution in [1.29, 1.82) is 0 Å². The van der Waals surface area contributed by atoms with E-state index in [-0.39, 0.29) is 30.0 Å². The van der Waals surface area contributed by atoms with Gasteiger partial charge in [-0.2, -0.15) is 4.39 Å². The Morgan fingerprint density at radius 1 is 1.43 bits per heavy atom. The van der Waals surface area contributed by atoms with Crippen LogP contribution in [0.1, 0.15) is 32.3 Å². The molecule has 0 saturated carbocycles. The maximum Gasteiger partial charge on any atom is 0.258 e. The smallest absolute Gasteiger partial charge is 0.258 e. The second-order valence-corrected chi connectivity index (χ2v) is 5.97. The molecule has 6 heteroatoms. The molecule has 1 amide bonds. The number of aliphatic imine (C=N–C) groups is 1. The van der Waals surface area contributed by atoms with Crippen LogP contribution in [-0.4, -0.2) is 25.1 Å². The average Bonchev–Trinajstić information content (AvgIpc) is 2.52. The first-order chi connectivity index (χ1) is 11.1. The first kappa shape index (κ1) is 15.5. The average molecular weight is 318 g/mol. The molecule has 0 atom stereocenters. The van der Waals surface area contributed by atoms with Crippen LogP contribution in [0.4, 0.5) is 4.39 Å². The zero-order chi connectivity index (χ0) is 16.4. The minimum absolute atomic E-state index is 0.0589. The summed E-state index contributed by atoms with van der Waals surface area (Å²) < 4.78 is 25.6.